The van der Waals surface area contributed by atoms with Crippen molar-refractivity contribution in [2.24, 2.45) is 0 Å². The molecule has 0 aromatic carbocycles. The van der Waals surface area contributed by atoms with Crippen LogP contribution in [0.4, 0.5) is 4.79 Å². The molecule has 0 aliphatic rings. The third-order valence-electron chi connectivity index (χ3n) is 3.72. The normalized spacial score (nSPS) is 9.95. The topological polar surface area (TPSA) is 77.0 Å². The molecule has 0 bridgehead atoms. The number of carboxylic acid groups (broad SMARTS) is 1. The predicted molar refractivity (Wildman–Crippen MR) is 90.5 cm³/mol. The van der Waals surface area contributed by atoms with E-state index in [0.717, 1.165) is 12.8 Å². The van der Waals surface area contributed by atoms with E-state index in [1.165, 1.54) is 77.0 Å². The smallest absolute Gasteiger partial charge is 0.251 e. The predicted octanol–water partition coefficient (Wildman–Crippen LogP) is 3.69. The summed E-state index contributed by atoms with van der Waals surface area (Å²) in [7, 11) is 1.75. The van der Waals surface area contributed by atoms with E-state index in [0.29, 0.717) is 6.61 Å². The fourth-order valence-electron chi connectivity index (χ4n) is 2.45. The molecule has 0 spiro atoms. The van der Waals surface area contributed by atoms with Crippen LogP contribution in [0.25, 0.3) is 0 Å². The second-order valence-corrected chi connectivity index (χ2v) is 5.69. The summed E-state index contributed by atoms with van der Waals surface area (Å²) < 4.78 is 4.35. The summed E-state index contributed by atoms with van der Waals surface area (Å²) in [5.41, 5.74) is 3.25. The Labute approximate surface area is 137 Å². The Hall–Kier alpha value is -0.770. The molecule has 0 aliphatic heterocycles. The number of hydrogen-bond acceptors (Lipinski definition) is 3. The Morgan fingerprint density at radius 3 is 1.36 bits per heavy atom. The highest BCUT2D eigenvalue weighted by Gasteiger charge is 1.94. The van der Waals surface area contributed by atoms with Gasteiger partial charge < -0.3 is 20.4 Å². The van der Waals surface area contributed by atoms with E-state index in [-0.39, 0.29) is 0 Å². The van der Waals surface area contributed by atoms with Gasteiger partial charge >= 0.3 is 0 Å². The van der Waals surface area contributed by atoms with Crippen molar-refractivity contribution in [1.29, 1.82) is 0 Å². The Morgan fingerprint density at radius 1 is 0.727 bits per heavy atom. The van der Waals surface area contributed by atoms with E-state index in [1.807, 2.05) is 0 Å². The van der Waals surface area contributed by atoms with Crippen molar-refractivity contribution in [2.45, 2.75) is 96.8 Å². The molecule has 0 aromatic heterocycles. The molecule has 4 nitrogen and oxygen atoms in total. The molecule has 0 amide bonds. The maximum absolute atomic E-state index is 10.00. The van der Waals surface area contributed by atoms with Gasteiger partial charge in [-0.05, 0) is 6.42 Å². The second-order valence-electron chi connectivity index (χ2n) is 5.69. The number of ether oxygens (including phenoxy) is 1. The summed E-state index contributed by atoms with van der Waals surface area (Å²) >= 11 is 0. The minimum absolute atomic E-state index is 0.292. The van der Waals surface area contributed by atoms with Crippen LogP contribution < -0.4 is 10.8 Å². The van der Waals surface area contributed by atoms with Crippen molar-refractivity contribution in [1.82, 2.24) is 0 Å². The van der Waals surface area contributed by atoms with Crippen LogP contribution in [-0.2, 0) is 4.74 Å². The zero-order valence-corrected chi connectivity index (χ0v) is 15.0. The number of carbonyl (C=O) groups excluding carboxylic acids is 1. The molecular formula is C18H39NO3. The molecule has 0 atom stereocenters. The fourth-order valence-corrected chi connectivity index (χ4v) is 2.45. The SMILES string of the molecule is CCCCCCCCCCCCCCCCOC(=O)[O-].C[NH3+]. The van der Waals surface area contributed by atoms with Crippen molar-refractivity contribution in [3.8, 4) is 0 Å². The number of carbonyl (C=O) groups is 1. The number of unbranched alkanes of at least 4 members (excludes halogenated alkanes) is 13. The van der Waals surface area contributed by atoms with E-state index >= 15 is 0 Å². The minimum Gasteiger partial charge on any atom is -0.550 e. The summed E-state index contributed by atoms with van der Waals surface area (Å²) in [6, 6.07) is 0. The Kier molecular flexibility index (Phi) is 24.0. The van der Waals surface area contributed by atoms with Crippen molar-refractivity contribution < 1.29 is 20.4 Å². The highest BCUT2D eigenvalue weighted by molar-refractivity contribution is 5.53. The van der Waals surface area contributed by atoms with E-state index in [9.17, 15) is 9.90 Å². The van der Waals surface area contributed by atoms with Crippen molar-refractivity contribution in [3.05, 3.63) is 0 Å². The quantitative estimate of drug-likeness (QED) is 0.369. The average Bonchev–Trinajstić information content (AvgIpc) is 2.53. The van der Waals surface area contributed by atoms with Gasteiger partial charge in [0.15, 0.2) is 0 Å². The lowest BCUT2D eigenvalue weighted by Gasteiger charge is -2.07. The van der Waals surface area contributed by atoms with Crippen LogP contribution in [0.1, 0.15) is 96.8 Å². The average molecular weight is 318 g/mol. The van der Waals surface area contributed by atoms with Gasteiger partial charge in [-0.15, -0.1) is 0 Å². The third kappa shape index (κ3) is 24.3. The Bertz CT molecular complexity index is 211. The lowest BCUT2D eigenvalue weighted by atomic mass is 10.0. The van der Waals surface area contributed by atoms with Crippen LogP contribution >= 0.6 is 0 Å². The molecule has 134 valence electrons. The van der Waals surface area contributed by atoms with Gasteiger partial charge in [-0.2, -0.15) is 0 Å². The van der Waals surface area contributed by atoms with Gasteiger partial charge in [-0.1, -0.05) is 90.4 Å². The first-order valence-electron chi connectivity index (χ1n) is 9.32. The molecule has 0 saturated carbocycles. The Morgan fingerprint density at radius 2 is 1.05 bits per heavy atom. The monoisotopic (exact) mass is 317 g/mol. The highest BCUT2D eigenvalue weighted by atomic mass is 16.7. The molecule has 0 fully saturated rings. The molecule has 0 unspecified atom stereocenters. The number of quaternary nitrogens is 1. The first-order chi connectivity index (χ1) is 10.8. The van der Waals surface area contributed by atoms with Crippen molar-refractivity contribution in [3.63, 3.8) is 0 Å². The van der Waals surface area contributed by atoms with Crippen LogP contribution in [0, 0.1) is 0 Å². The first-order valence-corrected chi connectivity index (χ1v) is 9.32. The molecular weight excluding hydrogens is 278 g/mol. The number of rotatable bonds is 15. The molecule has 3 N–H and O–H groups in total. The van der Waals surface area contributed by atoms with Gasteiger partial charge in [0.05, 0.1) is 7.05 Å². The van der Waals surface area contributed by atoms with Gasteiger partial charge in [-0.25, -0.2) is 0 Å². The largest absolute Gasteiger partial charge is 0.550 e. The molecule has 0 saturated heterocycles. The van der Waals surface area contributed by atoms with Crippen molar-refractivity contribution in [2.75, 3.05) is 13.7 Å². The molecule has 4 heteroatoms. The summed E-state index contributed by atoms with van der Waals surface area (Å²) in [6.07, 6.45) is 16.8. The van der Waals surface area contributed by atoms with E-state index in [2.05, 4.69) is 17.4 Å². The zero-order valence-electron chi connectivity index (χ0n) is 15.0. The van der Waals surface area contributed by atoms with Gasteiger partial charge in [0.25, 0.3) is 6.16 Å². The van der Waals surface area contributed by atoms with Crippen LogP contribution in [0.2, 0.25) is 0 Å². The molecule has 0 heterocycles. The molecule has 22 heavy (non-hydrogen) atoms. The minimum atomic E-state index is -1.40. The zero-order chi connectivity index (χ0) is 16.9. The third-order valence-corrected chi connectivity index (χ3v) is 3.72. The first kappa shape index (κ1) is 23.5. The lowest BCUT2D eigenvalue weighted by molar-refractivity contribution is -0.325. The number of hydrogen-bond donors (Lipinski definition) is 1. The Balaban J connectivity index is 0. The van der Waals surface area contributed by atoms with Crippen molar-refractivity contribution >= 4 is 6.16 Å². The van der Waals surface area contributed by atoms with E-state index in [1.54, 1.807) is 7.05 Å². The van der Waals surface area contributed by atoms with Crippen LogP contribution in [0.5, 0.6) is 0 Å². The van der Waals surface area contributed by atoms with Gasteiger partial charge in [0.1, 0.15) is 0 Å². The molecule has 0 aromatic rings. The fraction of sp³-hybridized carbons (Fsp3) is 0.944. The van der Waals surface area contributed by atoms with Crippen LogP contribution in [-0.4, -0.2) is 19.8 Å². The summed E-state index contributed by atoms with van der Waals surface area (Å²) in [6.45, 7) is 2.55. The van der Waals surface area contributed by atoms with Crippen LogP contribution in [0.15, 0.2) is 0 Å². The summed E-state index contributed by atoms with van der Waals surface area (Å²) in [4.78, 5) is 10.00. The van der Waals surface area contributed by atoms with Crippen LogP contribution in [0.3, 0.4) is 0 Å². The van der Waals surface area contributed by atoms with E-state index < -0.39 is 6.16 Å². The highest BCUT2D eigenvalue weighted by Crippen LogP contribution is 2.12. The molecule has 0 aliphatic carbocycles. The maximum atomic E-state index is 10.00. The lowest BCUT2D eigenvalue weighted by Crippen LogP contribution is -2.40. The second kappa shape index (κ2) is 22.5. The van der Waals surface area contributed by atoms with Gasteiger partial charge in [0.2, 0.25) is 0 Å². The summed E-state index contributed by atoms with van der Waals surface area (Å²) in [5.74, 6) is 0. The molecule has 0 radical (unpaired) electrons. The maximum Gasteiger partial charge on any atom is 0.251 e. The summed E-state index contributed by atoms with van der Waals surface area (Å²) in [5, 5.41) is 10.00. The van der Waals surface area contributed by atoms with Gasteiger partial charge in [0, 0.05) is 6.61 Å². The van der Waals surface area contributed by atoms with Gasteiger partial charge in [-0.3, -0.25) is 0 Å². The molecule has 0 rings (SSSR count). The van der Waals surface area contributed by atoms with E-state index in [4.69, 9.17) is 0 Å². The standard InChI is InChI=1S/C17H34O3.CH5N/c1-2-3-4-5-6-7-8-9-10-11-12-13-14-15-16-20-17(18)19;1-2/h2-16H2,1H3,(H,18,19);2H2,1H3.